The highest BCUT2D eigenvalue weighted by molar-refractivity contribution is 8.33. The van der Waals surface area contributed by atoms with E-state index >= 15 is 0 Å². The average molecular weight is 689 g/mol. The molecule has 0 atom stereocenters. The van der Waals surface area contributed by atoms with Gasteiger partial charge in [-0.15, -0.1) is 0 Å². The number of esters is 1. The van der Waals surface area contributed by atoms with E-state index in [0.29, 0.717) is 0 Å². The first-order chi connectivity index (χ1) is 20.0. The van der Waals surface area contributed by atoms with Gasteiger partial charge in [0.15, 0.2) is 0 Å². The van der Waals surface area contributed by atoms with Crippen molar-refractivity contribution in [3.05, 3.63) is 84.9 Å². The van der Waals surface area contributed by atoms with E-state index in [9.17, 15) is 65.9 Å². The van der Waals surface area contributed by atoms with E-state index in [0.717, 1.165) is 48.5 Å². The molecule has 0 aliphatic heterocycles. The Kier molecular flexibility index (Phi) is 9.40. The fraction of sp³-hybridized carbons (Fsp3) is 0.240. The van der Waals surface area contributed by atoms with Crippen molar-refractivity contribution in [3.63, 3.8) is 0 Å². The second kappa shape index (κ2) is 11.8. The quantitative estimate of drug-likeness (QED) is 0.121. The minimum atomic E-state index is -7.59. The van der Waals surface area contributed by atoms with Gasteiger partial charge in [-0.1, -0.05) is 36.4 Å². The van der Waals surface area contributed by atoms with Crippen LogP contribution in [-0.2, 0) is 18.5 Å². The van der Waals surface area contributed by atoms with Crippen molar-refractivity contribution in [3.8, 4) is 5.75 Å². The second-order valence-corrected chi connectivity index (χ2v) is 13.1. The molecule has 0 aliphatic rings. The number of carbonyl (C=O) groups is 1. The molecule has 242 valence electrons. The zero-order chi connectivity index (χ0) is 33.4. The van der Waals surface area contributed by atoms with E-state index in [1.807, 2.05) is 0 Å². The molecule has 3 aromatic carbocycles. The molecule has 0 unspecified atom stereocenters. The Morgan fingerprint density at radius 3 is 1.39 bits per heavy atom. The van der Waals surface area contributed by atoms with Gasteiger partial charge in [0.1, 0.15) is 12.2 Å². The van der Waals surface area contributed by atoms with E-state index in [4.69, 9.17) is 3.63 Å². The molecule has 0 spiro atoms. The van der Waals surface area contributed by atoms with Crippen LogP contribution in [-0.4, -0.2) is 43.8 Å². The van der Waals surface area contributed by atoms with Crippen molar-refractivity contribution in [1.82, 2.24) is 0 Å². The fourth-order valence-corrected chi connectivity index (χ4v) is 8.69. The smallest absolute Gasteiger partial charge is 0.426 e. The third-order valence-corrected chi connectivity index (χ3v) is 10.7. The van der Waals surface area contributed by atoms with Gasteiger partial charge in [-0.25, -0.2) is 3.63 Å². The summed E-state index contributed by atoms with van der Waals surface area (Å²) in [5, 5.41) is -7.20. The van der Waals surface area contributed by atoms with Crippen LogP contribution < -0.4 is 4.74 Å². The fourth-order valence-electron chi connectivity index (χ4n) is 3.48. The monoisotopic (exact) mass is 688 g/mol. The largest absolute Gasteiger partial charge is 0.460 e. The van der Waals surface area contributed by atoms with Crippen LogP contribution in [0, 0.1) is 0 Å². The van der Waals surface area contributed by atoms with Crippen molar-refractivity contribution >= 4 is 26.4 Å². The molecule has 0 aliphatic carbocycles. The Bertz CT molecular complexity index is 1520. The standard InChI is InChI=1S/C25H16F12O5S2/c26-21(27,28)15-20(38)41-16-11-13-19(14-12-16)43(17-7-3-1-4-8-17,18-9-5-2-6-10-18)42-44(39,40)25(36,37)23(31,32)22(29,30)24(33,34)35/h1-14H,15H2. The van der Waals surface area contributed by atoms with Gasteiger partial charge >= 0.3 is 45.5 Å². The zero-order valence-electron chi connectivity index (χ0n) is 21.2. The van der Waals surface area contributed by atoms with Crippen LogP contribution in [0.3, 0.4) is 0 Å². The normalized spacial score (nSPS) is 14.3. The van der Waals surface area contributed by atoms with Crippen LogP contribution in [0.5, 0.6) is 5.75 Å². The molecular formula is C25H16F12O5S2. The summed E-state index contributed by atoms with van der Waals surface area (Å²) in [5.74, 6) is -17.5. The predicted octanol–water partition coefficient (Wildman–Crippen LogP) is 8.51. The molecular weight excluding hydrogens is 672 g/mol. The van der Waals surface area contributed by atoms with Crippen molar-refractivity contribution in [2.45, 2.75) is 50.6 Å². The first kappa shape index (κ1) is 35.0. The molecule has 5 nitrogen and oxygen atoms in total. The molecule has 19 heteroatoms. The van der Waals surface area contributed by atoms with Crippen molar-refractivity contribution in [1.29, 1.82) is 0 Å². The first-order valence-electron chi connectivity index (χ1n) is 11.5. The number of benzene rings is 3. The van der Waals surface area contributed by atoms with E-state index < -0.39 is 82.7 Å². The molecule has 0 N–H and O–H groups in total. The summed E-state index contributed by atoms with van der Waals surface area (Å²) >= 11 is 0. The summed E-state index contributed by atoms with van der Waals surface area (Å²) in [5.41, 5.74) is 0. The van der Waals surface area contributed by atoms with Crippen molar-refractivity contribution in [2.75, 3.05) is 0 Å². The number of ether oxygens (including phenoxy) is 1. The minimum absolute atomic E-state index is 0.390. The Hall–Kier alpha value is -3.45. The summed E-state index contributed by atoms with van der Waals surface area (Å²) < 4.78 is 196. The molecule has 3 aromatic rings. The maximum absolute atomic E-state index is 14.8. The lowest BCUT2D eigenvalue weighted by Gasteiger charge is -2.41. The number of rotatable bonds is 10. The maximum Gasteiger partial charge on any atom is 0.460 e. The van der Waals surface area contributed by atoms with Gasteiger partial charge < -0.3 is 4.74 Å². The number of carbonyl (C=O) groups excluding carboxylic acids is 1. The van der Waals surface area contributed by atoms with Crippen molar-refractivity contribution in [2.24, 2.45) is 0 Å². The summed E-state index contributed by atoms with van der Waals surface area (Å²) in [6.45, 7) is 0. The number of hydrogen-bond donors (Lipinski definition) is 0. The van der Waals surface area contributed by atoms with E-state index in [1.54, 1.807) is 0 Å². The van der Waals surface area contributed by atoms with E-state index in [1.165, 1.54) is 36.4 Å². The van der Waals surface area contributed by atoms with Crippen LogP contribution in [0.25, 0.3) is 0 Å². The van der Waals surface area contributed by atoms with Gasteiger partial charge in [0.05, 0.1) is 0 Å². The summed E-state index contributed by atoms with van der Waals surface area (Å²) in [4.78, 5) is 10.2. The van der Waals surface area contributed by atoms with Gasteiger partial charge in [0.25, 0.3) is 0 Å². The molecule has 0 bridgehead atoms. The highest BCUT2D eigenvalue weighted by atomic mass is 32.3. The summed E-state index contributed by atoms with van der Waals surface area (Å²) in [6.07, 6.45) is -14.3. The van der Waals surface area contributed by atoms with Gasteiger partial charge in [0.2, 0.25) is 0 Å². The number of halogens is 12. The van der Waals surface area contributed by atoms with Gasteiger partial charge in [-0.3, -0.25) is 4.79 Å². The Morgan fingerprint density at radius 2 is 1.00 bits per heavy atom. The third kappa shape index (κ3) is 6.49. The van der Waals surface area contributed by atoms with Crippen LogP contribution in [0.2, 0.25) is 0 Å². The molecule has 0 heterocycles. The van der Waals surface area contributed by atoms with Gasteiger partial charge in [0, 0.05) is 14.7 Å². The maximum atomic E-state index is 14.8. The number of alkyl halides is 12. The van der Waals surface area contributed by atoms with E-state index in [2.05, 4.69) is 4.74 Å². The average Bonchev–Trinajstić information content (AvgIpc) is 2.91. The molecule has 0 amide bonds. The highest BCUT2D eigenvalue weighted by Gasteiger charge is 2.86. The Morgan fingerprint density at radius 1 is 0.591 bits per heavy atom. The van der Waals surface area contributed by atoms with Crippen LogP contribution in [0.15, 0.2) is 99.6 Å². The van der Waals surface area contributed by atoms with Gasteiger partial charge in [-0.05, 0) is 58.8 Å². The van der Waals surface area contributed by atoms with E-state index in [-0.39, 0.29) is 0 Å². The molecule has 0 fully saturated rings. The van der Waals surface area contributed by atoms with Crippen LogP contribution in [0.1, 0.15) is 6.42 Å². The molecule has 44 heavy (non-hydrogen) atoms. The van der Waals surface area contributed by atoms with Gasteiger partial charge in [-0.2, -0.15) is 61.1 Å². The Balaban J connectivity index is 2.26. The van der Waals surface area contributed by atoms with Crippen LogP contribution >= 0.6 is 10.3 Å². The summed E-state index contributed by atoms with van der Waals surface area (Å²) in [6, 6.07) is 14.6. The molecule has 0 saturated carbocycles. The molecule has 0 saturated heterocycles. The summed E-state index contributed by atoms with van der Waals surface area (Å²) in [7, 11) is -11.8. The van der Waals surface area contributed by atoms with Crippen LogP contribution in [0.4, 0.5) is 52.7 Å². The lowest BCUT2D eigenvalue weighted by atomic mass is 10.1. The third-order valence-electron chi connectivity index (χ3n) is 5.50. The predicted molar refractivity (Wildman–Crippen MR) is 129 cm³/mol. The number of hydrogen-bond acceptors (Lipinski definition) is 5. The zero-order valence-corrected chi connectivity index (χ0v) is 22.8. The topological polar surface area (TPSA) is 69.7 Å². The molecule has 0 radical (unpaired) electrons. The lowest BCUT2D eigenvalue weighted by Crippen LogP contribution is -2.63. The first-order valence-corrected chi connectivity index (χ1v) is 14.4. The molecule has 3 rings (SSSR count). The Labute approximate surface area is 242 Å². The SMILES string of the molecule is O=C(CC(F)(F)F)Oc1ccc(S(OS(=O)(=O)C(F)(F)C(F)(F)C(F)(F)C(F)(F)F)(c2ccccc2)c2ccccc2)cc1. The highest BCUT2D eigenvalue weighted by Crippen LogP contribution is 2.71. The van der Waals surface area contributed by atoms with Crippen molar-refractivity contribution < 1.29 is 74.3 Å². The second-order valence-electron chi connectivity index (χ2n) is 8.61. The minimum Gasteiger partial charge on any atom is -0.426 e. The lowest BCUT2D eigenvalue weighted by molar-refractivity contribution is -0.382. The molecule has 0 aromatic heterocycles.